The summed E-state index contributed by atoms with van der Waals surface area (Å²) in [7, 11) is -2.04. The van der Waals surface area contributed by atoms with Gasteiger partial charge in [0.15, 0.2) is 0 Å². The van der Waals surface area contributed by atoms with E-state index in [0.717, 1.165) is 11.3 Å². The largest absolute Gasteiger partial charge is 0.487 e. The van der Waals surface area contributed by atoms with Gasteiger partial charge in [-0.05, 0) is 55.0 Å². The van der Waals surface area contributed by atoms with E-state index in [9.17, 15) is 14.3 Å². The Morgan fingerprint density at radius 3 is 2.40 bits per heavy atom. The third-order valence-electron chi connectivity index (χ3n) is 4.35. The average molecular weight is 427 g/mol. The SMILES string of the molecule is COC(=O)c1cc(OCc2ncccc2C)cc(Oc2ccc(P(C)(=O)O)cc2)c1. The van der Waals surface area contributed by atoms with Gasteiger partial charge in [0.25, 0.3) is 0 Å². The number of ether oxygens (including phenoxy) is 3. The predicted octanol–water partition coefficient (Wildman–Crippen LogP) is 4.07. The number of benzene rings is 2. The fourth-order valence-electron chi connectivity index (χ4n) is 2.70. The summed E-state index contributed by atoms with van der Waals surface area (Å²) < 4.78 is 28.2. The first kappa shape index (κ1) is 21.6. The van der Waals surface area contributed by atoms with Gasteiger partial charge in [-0.25, -0.2) is 4.79 Å². The molecule has 0 radical (unpaired) electrons. The zero-order valence-electron chi connectivity index (χ0n) is 16.9. The Morgan fingerprint density at radius 1 is 1.07 bits per heavy atom. The summed E-state index contributed by atoms with van der Waals surface area (Å²) in [5.41, 5.74) is 2.05. The highest BCUT2D eigenvalue weighted by Crippen LogP contribution is 2.35. The normalized spacial score (nSPS) is 12.7. The van der Waals surface area contributed by atoms with E-state index in [1.54, 1.807) is 30.5 Å². The second-order valence-corrected chi connectivity index (χ2v) is 8.99. The highest BCUT2D eigenvalue weighted by Gasteiger charge is 2.15. The number of aryl methyl sites for hydroxylation is 1. The van der Waals surface area contributed by atoms with E-state index >= 15 is 0 Å². The molecule has 3 rings (SSSR count). The average Bonchev–Trinajstić information content (AvgIpc) is 2.72. The Hall–Kier alpha value is -3.15. The molecule has 0 aliphatic carbocycles. The molecule has 1 N–H and O–H groups in total. The molecule has 3 aromatic rings. The first-order valence-electron chi connectivity index (χ1n) is 9.12. The van der Waals surface area contributed by atoms with E-state index in [-0.39, 0.29) is 12.2 Å². The topological polar surface area (TPSA) is 95.0 Å². The Balaban J connectivity index is 1.84. The molecule has 1 atom stereocenters. The van der Waals surface area contributed by atoms with Crippen LogP contribution in [0.5, 0.6) is 17.2 Å². The van der Waals surface area contributed by atoms with Crippen LogP contribution in [-0.4, -0.2) is 29.6 Å². The van der Waals surface area contributed by atoms with Crippen molar-refractivity contribution in [3.05, 3.63) is 77.6 Å². The van der Waals surface area contributed by atoms with Crippen LogP contribution in [-0.2, 0) is 15.9 Å². The fraction of sp³-hybridized carbons (Fsp3) is 0.182. The van der Waals surface area contributed by atoms with Crippen molar-refractivity contribution in [1.29, 1.82) is 0 Å². The Labute approximate surface area is 174 Å². The minimum atomic E-state index is -3.34. The molecule has 0 bridgehead atoms. The maximum Gasteiger partial charge on any atom is 0.338 e. The lowest BCUT2D eigenvalue weighted by molar-refractivity contribution is 0.0599. The van der Waals surface area contributed by atoms with E-state index in [0.29, 0.717) is 22.6 Å². The van der Waals surface area contributed by atoms with Crippen molar-refractivity contribution in [2.24, 2.45) is 0 Å². The van der Waals surface area contributed by atoms with Crippen molar-refractivity contribution in [3.8, 4) is 17.2 Å². The number of aromatic nitrogens is 1. The highest BCUT2D eigenvalue weighted by molar-refractivity contribution is 7.65. The van der Waals surface area contributed by atoms with Crippen molar-refractivity contribution in [2.75, 3.05) is 13.8 Å². The molecule has 0 spiro atoms. The van der Waals surface area contributed by atoms with Gasteiger partial charge in [0.05, 0.1) is 18.4 Å². The Morgan fingerprint density at radius 2 is 1.77 bits per heavy atom. The first-order chi connectivity index (χ1) is 14.3. The minimum Gasteiger partial charge on any atom is -0.487 e. The van der Waals surface area contributed by atoms with Crippen LogP contribution in [0.25, 0.3) is 0 Å². The summed E-state index contributed by atoms with van der Waals surface area (Å²) in [6, 6.07) is 14.8. The summed E-state index contributed by atoms with van der Waals surface area (Å²) in [6.07, 6.45) is 1.69. The number of carbonyl (C=O) groups excluding carboxylic acids is 1. The maximum absolute atomic E-state index is 12.0. The van der Waals surface area contributed by atoms with Crippen molar-refractivity contribution < 1.29 is 28.5 Å². The van der Waals surface area contributed by atoms with E-state index < -0.39 is 13.3 Å². The molecule has 7 nitrogen and oxygen atoms in total. The summed E-state index contributed by atoms with van der Waals surface area (Å²) in [6.45, 7) is 3.44. The zero-order chi connectivity index (χ0) is 21.7. The van der Waals surface area contributed by atoms with E-state index in [1.165, 1.54) is 32.0 Å². The molecule has 0 aliphatic heterocycles. The molecule has 0 saturated carbocycles. The lowest BCUT2D eigenvalue weighted by Crippen LogP contribution is -2.05. The zero-order valence-corrected chi connectivity index (χ0v) is 17.8. The van der Waals surface area contributed by atoms with Gasteiger partial charge in [0.2, 0.25) is 7.37 Å². The lowest BCUT2D eigenvalue weighted by Gasteiger charge is -2.13. The number of methoxy groups -OCH3 is 1. The maximum atomic E-state index is 12.0. The van der Waals surface area contributed by atoms with E-state index in [2.05, 4.69) is 4.98 Å². The molecular weight excluding hydrogens is 405 g/mol. The Bertz CT molecular complexity index is 1090. The van der Waals surface area contributed by atoms with Crippen LogP contribution in [0, 0.1) is 6.92 Å². The number of rotatable bonds is 7. The third kappa shape index (κ3) is 5.47. The van der Waals surface area contributed by atoms with Gasteiger partial charge in [-0.1, -0.05) is 6.07 Å². The number of carbonyl (C=O) groups is 1. The summed E-state index contributed by atoms with van der Waals surface area (Å²) in [5.74, 6) is 0.702. The van der Waals surface area contributed by atoms with Crippen molar-refractivity contribution in [2.45, 2.75) is 13.5 Å². The molecule has 8 heteroatoms. The smallest absolute Gasteiger partial charge is 0.338 e. The number of nitrogens with zero attached hydrogens (tertiary/aromatic N) is 1. The van der Waals surface area contributed by atoms with Gasteiger partial charge >= 0.3 is 5.97 Å². The van der Waals surface area contributed by atoms with Crippen LogP contribution in [0.2, 0.25) is 0 Å². The van der Waals surface area contributed by atoms with Crippen LogP contribution < -0.4 is 14.8 Å². The fourth-order valence-corrected chi connectivity index (χ4v) is 3.40. The molecule has 0 amide bonds. The molecule has 30 heavy (non-hydrogen) atoms. The molecule has 2 aromatic carbocycles. The van der Waals surface area contributed by atoms with Crippen molar-refractivity contribution in [3.63, 3.8) is 0 Å². The monoisotopic (exact) mass is 427 g/mol. The van der Waals surface area contributed by atoms with Gasteiger partial charge in [0.1, 0.15) is 23.9 Å². The van der Waals surface area contributed by atoms with Crippen molar-refractivity contribution >= 4 is 18.6 Å². The first-order valence-corrected chi connectivity index (χ1v) is 11.2. The third-order valence-corrected chi connectivity index (χ3v) is 5.60. The van der Waals surface area contributed by atoms with E-state index in [1.807, 2.05) is 19.1 Å². The van der Waals surface area contributed by atoms with Crippen LogP contribution in [0.3, 0.4) is 0 Å². The predicted molar refractivity (Wildman–Crippen MR) is 113 cm³/mol. The van der Waals surface area contributed by atoms with Gasteiger partial charge < -0.3 is 19.1 Å². The van der Waals surface area contributed by atoms with Crippen LogP contribution in [0.4, 0.5) is 0 Å². The highest BCUT2D eigenvalue weighted by atomic mass is 31.2. The number of hydrogen-bond donors (Lipinski definition) is 1. The number of esters is 1. The summed E-state index contributed by atoms with van der Waals surface area (Å²) in [4.78, 5) is 26.0. The molecule has 0 aliphatic rings. The summed E-state index contributed by atoms with van der Waals surface area (Å²) >= 11 is 0. The van der Waals surface area contributed by atoms with Crippen LogP contribution in [0.1, 0.15) is 21.6 Å². The van der Waals surface area contributed by atoms with Gasteiger partial charge in [-0.15, -0.1) is 0 Å². The van der Waals surface area contributed by atoms with Crippen LogP contribution in [0.15, 0.2) is 60.8 Å². The molecule has 0 fully saturated rings. The second kappa shape index (κ2) is 9.11. The molecule has 1 aromatic heterocycles. The molecular formula is C22H22NO6P. The number of hydrogen-bond acceptors (Lipinski definition) is 6. The Kier molecular flexibility index (Phi) is 6.55. The van der Waals surface area contributed by atoms with Crippen molar-refractivity contribution in [1.82, 2.24) is 4.98 Å². The standard InChI is InChI=1S/C22H22NO6P/c1-15-5-4-10-23-21(15)14-28-18-11-16(22(24)27-2)12-19(13-18)29-17-6-8-20(9-7-17)30(3,25)26/h4-13H,14H2,1-3H3,(H,25,26). The van der Waals surface area contributed by atoms with E-state index in [4.69, 9.17) is 14.2 Å². The quantitative estimate of drug-likeness (QED) is 0.449. The lowest BCUT2D eigenvalue weighted by atomic mass is 10.2. The minimum absolute atomic E-state index is 0.230. The molecule has 1 heterocycles. The second-order valence-electron chi connectivity index (χ2n) is 6.72. The molecule has 0 saturated heterocycles. The van der Waals surface area contributed by atoms with Crippen LogP contribution >= 0.6 is 7.37 Å². The van der Waals surface area contributed by atoms with Gasteiger partial charge in [0, 0.05) is 24.2 Å². The molecule has 1 unspecified atom stereocenters. The number of pyridine rings is 1. The van der Waals surface area contributed by atoms with Gasteiger partial charge in [-0.2, -0.15) is 0 Å². The molecule has 156 valence electrons. The summed E-state index contributed by atoms with van der Waals surface area (Å²) in [5, 5.41) is 0.327. The van der Waals surface area contributed by atoms with Gasteiger partial charge in [-0.3, -0.25) is 9.55 Å².